The number of ether oxygens (including phenoxy) is 3. The Bertz CT molecular complexity index is 920. The lowest BCUT2D eigenvalue weighted by atomic mass is 9.96. The topological polar surface area (TPSA) is 120 Å². The molecule has 1 aromatic carbocycles. The van der Waals surface area contributed by atoms with Crippen molar-refractivity contribution < 1.29 is 40.0 Å². The van der Waals surface area contributed by atoms with E-state index >= 15 is 0 Å². The first-order valence-electron chi connectivity index (χ1n) is 8.94. The summed E-state index contributed by atoms with van der Waals surface area (Å²) < 4.78 is 83.2. The minimum atomic E-state index is -5.92. The van der Waals surface area contributed by atoms with Crippen LogP contribution in [0.3, 0.4) is 0 Å². The molecule has 2 aliphatic rings. The van der Waals surface area contributed by atoms with E-state index in [0.717, 1.165) is 5.56 Å². The lowest BCUT2D eigenvalue weighted by Gasteiger charge is -2.33. The molecule has 1 aliphatic carbocycles. The maximum atomic E-state index is 12.8. The quantitative estimate of drug-likeness (QED) is 0.206. The number of hydrogen-bond acceptors (Lipinski definition) is 7. The van der Waals surface area contributed by atoms with Crippen LogP contribution in [0.15, 0.2) is 35.4 Å². The summed E-state index contributed by atoms with van der Waals surface area (Å²) in [5, 5.41) is 3.52. The van der Waals surface area contributed by atoms with Crippen LogP contribution in [-0.2, 0) is 35.1 Å². The number of rotatable bonds is 7. The average Bonchev–Trinajstić information content (AvgIpc) is 3.02. The summed E-state index contributed by atoms with van der Waals surface area (Å²) >= 11 is 0. The molecule has 0 amide bonds. The maximum absolute atomic E-state index is 12.8. The standard InChI is InChI=1S/C17H20F3N3O6S/c1-15(2)27-13-8-12(28-30(24,25)17(18,19)20)14(22-23-21)16(13,29-15)10-26-9-11-6-4-3-5-7-11/h3-7,12-14H,8-10H2,1-2H3/t12-,13+,14+,16+/m1/s1. The van der Waals surface area contributed by atoms with Crippen molar-refractivity contribution in [1.82, 2.24) is 0 Å². The van der Waals surface area contributed by atoms with E-state index in [4.69, 9.17) is 19.7 Å². The van der Waals surface area contributed by atoms with Crippen LogP contribution in [0.5, 0.6) is 0 Å². The minimum absolute atomic E-state index is 0.147. The number of hydrogen-bond donors (Lipinski definition) is 0. The molecule has 1 heterocycles. The zero-order chi connectivity index (χ0) is 22.2. The van der Waals surface area contributed by atoms with Crippen molar-refractivity contribution in [2.24, 2.45) is 5.11 Å². The summed E-state index contributed by atoms with van der Waals surface area (Å²) in [4.78, 5) is 2.66. The third-order valence-corrected chi connectivity index (χ3v) is 5.92. The molecule has 9 nitrogen and oxygen atoms in total. The van der Waals surface area contributed by atoms with Gasteiger partial charge in [-0.25, -0.2) is 0 Å². The van der Waals surface area contributed by atoms with E-state index in [9.17, 15) is 21.6 Å². The fourth-order valence-electron chi connectivity index (χ4n) is 3.79. The van der Waals surface area contributed by atoms with Crippen molar-refractivity contribution in [3.05, 3.63) is 46.3 Å². The van der Waals surface area contributed by atoms with Crippen LogP contribution in [0.2, 0.25) is 0 Å². The van der Waals surface area contributed by atoms with Gasteiger partial charge in [0.2, 0.25) is 0 Å². The molecule has 0 bridgehead atoms. The van der Waals surface area contributed by atoms with Gasteiger partial charge in [-0.3, -0.25) is 4.18 Å². The molecule has 1 aliphatic heterocycles. The Morgan fingerprint density at radius 2 is 1.97 bits per heavy atom. The molecule has 0 radical (unpaired) electrons. The summed E-state index contributed by atoms with van der Waals surface area (Å²) in [6, 6.07) is 7.64. The number of azide groups is 1. The van der Waals surface area contributed by atoms with E-state index in [-0.39, 0.29) is 19.6 Å². The second kappa shape index (κ2) is 7.98. The van der Waals surface area contributed by atoms with E-state index in [1.807, 2.05) is 30.3 Å². The van der Waals surface area contributed by atoms with Crippen molar-refractivity contribution in [2.45, 2.75) is 62.0 Å². The van der Waals surface area contributed by atoms with Gasteiger partial charge < -0.3 is 14.2 Å². The fourth-order valence-corrected chi connectivity index (χ4v) is 4.41. The van der Waals surface area contributed by atoms with Gasteiger partial charge in [0, 0.05) is 11.3 Å². The molecule has 0 unspecified atom stereocenters. The van der Waals surface area contributed by atoms with Gasteiger partial charge in [-0.15, -0.1) is 0 Å². The van der Waals surface area contributed by atoms with Gasteiger partial charge in [-0.1, -0.05) is 35.4 Å². The minimum Gasteiger partial charge on any atom is -0.374 e. The molecule has 3 rings (SSSR count). The predicted molar refractivity (Wildman–Crippen MR) is 96.3 cm³/mol. The van der Waals surface area contributed by atoms with Gasteiger partial charge in [0.05, 0.1) is 31.5 Å². The Kier molecular flexibility index (Phi) is 6.07. The van der Waals surface area contributed by atoms with Crippen LogP contribution >= 0.6 is 0 Å². The third kappa shape index (κ3) is 4.41. The summed E-state index contributed by atoms with van der Waals surface area (Å²) in [5.41, 5.74) is 2.65. The normalized spacial score (nSPS) is 30.6. The number of fused-ring (bicyclic) bond motifs is 1. The highest BCUT2D eigenvalue weighted by Gasteiger charge is 2.66. The van der Waals surface area contributed by atoms with Gasteiger partial charge in [-0.2, -0.15) is 21.6 Å². The Morgan fingerprint density at radius 3 is 2.57 bits per heavy atom. The second-order valence-corrected chi connectivity index (χ2v) is 9.03. The second-order valence-electron chi connectivity index (χ2n) is 7.46. The molecule has 0 spiro atoms. The SMILES string of the molecule is CC1(C)O[C@H]2C[C@@H](OS(=O)(=O)C(F)(F)F)[C@H](N=[N+]=[N-])[C@@]2(COCc2ccccc2)O1. The maximum Gasteiger partial charge on any atom is 0.523 e. The molecule has 4 atom stereocenters. The molecule has 0 N–H and O–H groups in total. The molecule has 1 saturated carbocycles. The highest BCUT2D eigenvalue weighted by molar-refractivity contribution is 7.87. The molecular formula is C17H20F3N3O6S. The van der Waals surface area contributed by atoms with Gasteiger partial charge in [0.1, 0.15) is 5.60 Å². The van der Waals surface area contributed by atoms with Gasteiger partial charge in [0.25, 0.3) is 0 Å². The van der Waals surface area contributed by atoms with Gasteiger partial charge in [0.15, 0.2) is 5.79 Å². The predicted octanol–water partition coefficient (Wildman–Crippen LogP) is 3.41. The van der Waals surface area contributed by atoms with Crippen LogP contribution in [0.1, 0.15) is 25.8 Å². The van der Waals surface area contributed by atoms with Crippen LogP contribution < -0.4 is 0 Å². The summed E-state index contributed by atoms with van der Waals surface area (Å²) in [6.45, 7) is 3.10. The lowest BCUT2D eigenvalue weighted by molar-refractivity contribution is -0.188. The molecule has 2 fully saturated rings. The largest absolute Gasteiger partial charge is 0.523 e. The first kappa shape index (κ1) is 22.8. The molecule has 0 aromatic heterocycles. The average molecular weight is 451 g/mol. The van der Waals surface area contributed by atoms with Gasteiger partial charge in [-0.05, 0) is 24.9 Å². The highest BCUT2D eigenvalue weighted by atomic mass is 32.2. The molecule has 1 aromatic rings. The number of nitrogens with zero attached hydrogens (tertiary/aromatic N) is 3. The van der Waals surface area contributed by atoms with E-state index in [2.05, 4.69) is 14.2 Å². The zero-order valence-electron chi connectivity index (χ0n) is 16.1. The first-order valence-corrected chi connectivity index (χ1v) is 10.3. The van der Waals surface area contributed by atoms with Crippen molar-refractivity contribution in [3.8, 4) is 0 Å². The Labute approximate surface area is 170 Å². The van der Waals surface area contributed by atoms with Crippen LogP contribution in [0, 0.1) is 0 Å². The summed E-state index contributed by atoms with van der Waals surface area (Å²) in [6.07, 6.45) is -2.84. The number of benzene rings is 1. The van der Waals surface area contributed by atoms with Crippen LogP contribution in [0.4, 0.5) is 13.2 Å². The Hall–Kier alpha value is -1.89. The van der Waals surface area contributed by atoms with E-state index < -0.39 is 45.3 Å². The molecule has 1 saturated heterocycles. The lowest BCUT2D eigenvalue weighted by Crippen LogP contribution is -2.51. The van der Waals surface area contributed by atoms with Crippen molar-refractivity contribution in [3.63, 3.8) is 0 Å². The Morgan fingerprint density at radius 1 is 1.30 bits per heavy atom. The fraction of sp³-hybridized carbons (Fsp3) is 0.647. The zero-order valence-corrected chi connectivity index (χ0v) is 16.9. The van der Waals surface area contributed by atoms with Crippen LogP contribution in [0.25, 0.3) is 10.4 Å². The van der Waals surface area contributed by atoms with E-state index in [1.165, 1.54) is 0 Å². The van der Waals surface area contributed by atoms with Crippen LogP contribution in [-0.4, -0.2) is 50.2 Å². The van der Waals surface area contributed by atoms with E-state index in [0.29, 0.717) is 0 Å². The molecule has 13 heteroatoms. The molecule has 166 valence electrons. The van der Waals surface area contributed by atoms with Crippen molar-refractivity contribution in [2.75, 3.05) is 6.61 Å². The van der Waals surface area contributed by atoms with E-state index in [1.54, 1.807) is 13.8 Å². The first-order chi connectivity index (χ1) is 13.9. The van der Waals surface area contributed by atoms with Gasteiger partial charge >= 0.3 is 15.6 Å². The monoisotopic (exact) mass is 451 g/mol. The van der Waals surface area contributed by atoms with Crippen molar-refractivity contribution in [1.29, 1.82) is 0 Å². The number of halogens is 3. The summed E-state index contributed by atoms with van der Waals surface area (Å²) in [7, 11) is -5.92. The highest BCUT2D eigenvalue weighted by Crippen LogP contribution is 2.50. The smallest absolute Gasteiger partial charge is 0.374 e. The molecular weight excluding hydrogens is 431 g/mol. The summed E-state index contributed by atoms with van der Waals surface area (Å²) in [5.74, 6) is -1.15. The Balaban J connectivity index is 1.87. The molecule has 30 heavy (non-hydrogen) atoms. The number of alkyl halides is 3. The third-order valence-electron chi connectivity index (χ3n) is 4.86. The van der Waals surface area contributed by atoms with Crippen molar-refractivity contribution >= 4 is 10.1 Å².